The van der Waals surface area contributed by atoms with E-state index in [-0.39, 0.29) is 38.3 Å². The second-order valence-corrected chi connectivity index (χ2v) is 11.4. The van der Waals surface area contributed by atoms with Gasteiger partial charge in [0, 0.05) is 13.1 Å². The first-order valence-electron chi connectivity index (χ1n) is 11.0. The van der Waals surface area contributed by atoms with E-state index < -0.39 is 15.8 Å². The van der Waals surface area contributed by atoms with Crippen molar-refractivity contribution in [2.75, 3.05) is 23.7 Å². The third-order valence-corrected chi connectivity index (χ3v) is 7.72. The number of nitrogens with one attached hydrogen (secondary N) is 3. The lowest BCUT2D eigenvalue weighted by atomic mass is 9.85. The van der Waals surface area contributed by atoms with Gasteiger partial charge in [0.05, 0.1) is 6.04 Å². The van der Waals surface area contributed by atoms with Gasteiger partial charge in [0.1, 0.15) is 22.1 Å². The Hall–Kier alpha value is -3.25. The second kappa shape index (κ2) is 8.84. The van der Waals surface area contributed by atoms with Crippen molar-refractivity contribution in [3.8, 4) is 5.75 Å². The Bertz CT molecular complexity index is 1330. The van der Waals surface area contributed by atoms with Gasteiger partial charge in [-0.15, -0.1) is 4.63 Å². The van der Waals surface area contributed by atoms with E-state index >= 15 is 0 Å². The highest BCUT2D eigenvalue weighted by atomic mass is 32.2. The normalized spacial score (nSPS) is 16.0. The molecule has 1 atom stereocenters. The molecule has 1 fully saturated rings. The number of phenolic OH excluding ortho intramolecular Hbond substituents is 1. The molecule has 184 valence electrons. The number of hydrogen-bond acceptors (Lipinski definition) is 8. The number of aryl methyl sites for hydroxylation is 1. The van der Waals surface area contributed by atoms with Crippen molar-refractivity contribution in [1.82, 2.24) is 9.46 Å². The van der Waals surface area contributed by atoms with Gasteiger partial charge in [0.25, 0.3) is 5.82 Å². The molecule has 0 amide bonds. The number of rotatable bonds is 7. The van der Waals surface area contributed by atoms with Gasteiger partial charge in [-0.1, -0.05) is 32.0 Å². The van der Waals surface area contributed by atoms with Gasteiger partial charge in [-0.3, -0.25) is 5.32 Å². The zero-order chi connectivity index (χ0) is 24.7. The molecule has 2 aromatic heterocycles. The van der Waals surface area contributed by atoms with Crippen molar-refractivity contribution in [3.63, 3.8) is 0 Å². The van der Waals surface area contributed by atoms with E-state index in [9.17, 15) is 18.4 Å². The Kier molecular flexibility index (Phi) is 6.21. The van der Waals surface area contributed by atoms with Gasteiger partial charge in [-0.25, -0.2) is 8.42 Å². The molecule has 11 nitrogen and oxygen atoms in total. The van der Waals surface area contributed by atoms with Gasteiger partial charge in [0.15, 0.2) is 10.3 Å². The fraction of sp³-hybridized carbons (Fsp3) is 0.455. The van der Waals surface area contributed by atoms with Crippen molar-refractivity contribution < 1.29 is 27.2 Å². The Labute approximate surface area is 197 Å². The molecule has 0 aliphatic carbocycles. The van der Waals surface area contributed by atoms with E-state index in [1.807, 2.05) is 39.8 Å². The highest BCUT2D eigenvalue weighted by Gasteiger charge is 2.34. The van der Waals surface area contributed by atoms with Gasteiger partial charge >= 0.3 is 5.82 Å². The Morgan fingerprint density at radius 3 is 2.50 bits per heavy atom. The first kappa shape index (κ1) is 23.9. The number of furan rings is 1. The molecular formula is C22H30N5O6S+. The van der Waals surface area contributed by atoms with E-state index in [2.05, 4.69) is 15.8 Å². The third kappa shape index (κ3) is 4.55. The molecule has 3 heterocycles. The highest BCUT2D eigenvalue weighted by molar-refractivity contribution is 7.89. The highest BCUT2D eigenvalue weighted by Crippen LogP contribution is 2.39. The fourth-order valence-corrected chi connectivity index (χ4v) is 5.59. The molecule has 0 radical (unpaired) electrons. The maximum atomic E-state index is 13.0. The molecule has 0 spiro atoms. The Morgan fingerprint density at radius 2 is 1.88 bits per heavy atom. The van der Waals surface area contributed by atoms with Crippen molar-refractivity contribution in [3.05, 3.63) is 46.8 Å². The predicted octanol–water partition coefficient (Wildman–Crippen LogP) is 3.86. The van der Waals surface area contributed by atoms with Crippen LogP contribution < -0.4 is 15.2 Å². The molecule has 34 heavy (non-hydrogen) atoms. The average molecular weight is 493 g/mol. The summed E-state index contributed by atoms with van der Waals surface area (Å²) < 4.78 is 38.2. The zero-order valence-corrected chi connectivity index (χ0v) is 20.4. The molecule has 0 unspecified atom stereocenters. The molecule has 4 rings (SSSR count). The van der Waals surface area contributed by atoms with Crippen LogP contribution in [0, 0.1) is 17.2 Å². The summed E-state index contributed by atoms with van der Waals surface area (Å²) in [5.41, 5.74) is -0.268. The molecule has 1 aliphatic rings. The number of anilines is 3. The quantitative estimate of drug-likeness (QED) is 0.364. The monoisotopic (exact) mass is 492 g/mol. The van der Waals surface area contributed by atoms with E-state index in [4.69, 9.17) is 9.05 Å². The van der Waals surface area contributed by atoms with Crippen LogP contribution in [0.15, 0.2) is 44.3 Å². The van der Waals surface area contributed by atoms with E-state index in [1.54, 1.807) is 0 Å². The van der Waals surface area contributed by atoms with Crippen LogP contribution in [-0.4, -0.2) is 36.1 Å². The molecule has 1 aliphatic heterocycles. The molecular weight excluding hydrogens is 462 g/mol. The van der Waals surface area contributed by atoms with Gasteiger partial charge in [0.2, 0.25) is 10.0 Å². The van der Waals surface area contributed by atoms with Crippen LogP contribution >= 0.6 is 0 Å². The smallest absolute Gasteiger partial charge is 0.371 e. The number of aromatic hydroxyl groups is 1. The lowest BCUT2D eigenvalue weighted by Crippen LogP contribution is -2.28. The summed E-state index contributed by atoms with van der Waals surface area (Å²) in [6.45, 7) is 8.70. The van der Waals surface area contributed by atoms with E-state index in [0.717, 1.165) is 18.6 Å². The SMILES string of the molecule is Cc1ccc([C@H](Nc2[nH]o[n+](=O)c2Nc2cccc(S(=O)(=O)N3CCCC3)c2O)C(C)(C)C)o1. The number of sulfonamides is 1. The standard InChI is InChI=1S/C22H29N5O6S/c1-14-10-11-16(32-14)19(22(2,3)4)24-20-21(27(29)33-25-20)23-15-8-7-9-17(18(15)28)34(30,31)26-12-5-6-13-26/h7-11,19,23H,5-6,12-13H2,1-4H3,(H2-,24,25,28,29)/p+1/t19-/m0/s1. The number of aromatic amines is 1. The fourth-order valence-electron chi connectivity index (χ4n) is 3.97. The molecule has 0 saturated carbocycles. The van der Waals surface area contributed by atoms with Crippen LogP contribution in [-0.2, 0) is 10.0 Å². The average Bonchev–Trinajstić information content (AvgIpc) is 3.50. The molecule has 0 bridgehead atoms. The summed E-state index contributed by atoms with van der Waals surface area (Å²) >= 11 is 0. The predicted molar refractivity (Wildman–Crippen MR) is 125 cm³/mol. The van der Waals surface area contributed by atoms with Crippen LogP contribution in [0.1, 0.15) is 51.2 Å². The number of hydrogen-bond donors (Lipinski definition) is 4. The maximum Gasteiger partial charge on any atom is 0.371 e. The number of phenols is 1. The topological polar surface area (TPSA) is 147 Å². The van der Waals surface area contributed by atoms with Crippen LogP contribution in [0.2, 0.25) is 0 Å². The van der Waals surface area contributed by atoms with E-state index in [0.29, 0.717) is 18.8 Å². The number of benzene rings is 1. The minimum atomic E-state index is -3.86. The van der Waals surface area contributed by atoms with Crippen LogP contribution in [0.25, 0.3) is 0 Å². The summed E-state index contributed by atoms with van der Waals surface area (Å²) in [6, 6.07) is 7.69. The lowest BCUT2D eigenvalue weighted by Gasteiger charge is -2.29. The first-order valence-corrected chi connectivity index (χ1v) is 12.5. The summed E-state index contributed by atoms with van der Waals surface area (Å²) in [4.78, 5) is 12.2. The molecule has 1 saturated heterocycles. The molecule has 4 N–H and O–H groups in total. The maximum absolute atomic E-state index is 13.0. The van der Waals surface area contributed by atoms with Crippen molar-refractivity contribution >= 4 is 27.3 Å². The van der Waals surface area contributed by atoms with Crippen LogP contribution in [0.3, 0.4) is 0 Å². The van der Waals surface area contributed by atoms with E-state index in [1.165, 1.54) is 22.5 Å². The van der Waals surface area contributed by atoms with Gasteiger partial charge < -0.3 is 14.8 Å². The third-order valence-electron chi connectivity index (χ3n) is 5.79. The van der Waals surface area contributed by atoms with Crippen LogP contribution in [0.5, 0.6) is 5.75 Å². The first-order chi connectivity index (χ1) is 16.0. The minimum absolute atomic E-state index is 0.0453. The Balaban J connectivity index is 1.67. The van der Waals surface area contributed by atoms with Crippen LogP contribution in [0.4, 0.5) is 17.3 Å². The number of aromatic nitrogens is 2. The van der Waals surface area contributed by atoms with Gasteiger partial charge in [-0.2, -0.15) is 4.31 Å². The minimum Gasteiger partial charge on any atom is -0.503 e. The number of para-hydroxylation sites is 1. The largest absolute Gasteiger partial charge is 0.503 e. The number of nitrogens with zero attached hydrogens (tertiary/aromatic N) is 2. The number of H-pyrrole nitrogens is 1. The van der Waals surface area contributed by atoms with Crippen molar-refractivity contribution in [2.24, 2.45) is 5.41 Å². The summed E-state index contributed by atoms with van der Waals surface area (Å²) in [7, 11) is -3.86. The Morgan fingerprint density at radius 1 is 1.18 bits per heavy atom. The lowest BCUT2D eigenvalue weighted by molar-refractivity contribution is -0.701. The summed E-state index contributed by atoms with van der Waals surface area (Å²) in [6.07, 6.45) is 1.55. The molecule has 12 heteroatoms. The van der Waals surface area contributed by atoms with Crippen molar-refractivity contribution in [1.29, 1.82) is 0 Å². The summed E-state index contributed by atoms with van der Waals surface area (Å²) in [5, 5.41) is 19.4. The molecule has 1 aromatic carbocycles. The second-order valence-electron chi connectivity index (χ2n) is 9.45. The molecule has 3 aromatic rings. The zero-order valence-electron chi connectivity index (χ0n) is 19.6. The van der Waals surface area contributed by atoms with Gasteiger partial charge in [-0.05, 0) is 54.4 Å². The summed E-state index contributed by atoms with van der Waals surface area (Å²) in [5.74, 6) is 1.07. The van der Waals surface area contributed by atoms with Crippen molar-refractivity contribution in [2.45, 2.75) is 51.5 Å².